The van der Waals surface area contributed by atoms with Crippen molar-refractivity contribution in [3.8, 4) is 11.3 Å². The first-order valence-corrected chi connectivity index (χ1v) is 8.94. The summed E-state index contributed by atoms with van der Waals surface area (Å²) in [5.74, 6) is 0. The number of hydrogen-bond acceptors (Lipinski definition) is 3. The average molecular weight is 363 g/mol. The maximum absolute atomic E-state index is 12.6. The molecular formula is C21H21N3O3. The zero-order valence-corrected chi connectivity index (χ0v) is 15.2. The van der Waals surface area contributed by atoms with Crippen molar-refractivity contribution >= 4 is 6.09 Å². The number of nitrogens with zero attached hydrogens (tertiary/aromatic N) is 3. The summed E-state index contributed by atoms with van der Waals surface area (Å²) in [5.41, 5.74) is 3.55. The van der Waals surface area contributed by atoms with E-state index in [1.165, 1.54) is 0 Å². The quantitative estimate of drug-likeness (QED) is 0.719. The monoisotopic (exact) mass is 363 g/mol. The van der Waals surface area contributed by atoms with E-state index in [1.807, 2.05) is 60.7 Å². The van der Waals surface area contributed by atoms with Gasteiger partial charge in [-0.2, -0.15) is 0 Å². The summed E-state index contributed by atoms with van der Waals surface area (Å²) in [5, 5.41) is 0. The molecule has 6 heteroatoms. The second-order valence-corrected chi connectivity index (χ2v) is 6.62. The van der Waals surface area contributed by atoms with Crippen LogP contribution in [0.4, 0.5) is 4.79 Å². The molecule has 1 aliphatic rings. The number of ether oxygens (including phenoxy) is 1. The van der Waals surface area contributed by atoms with Crippen LogP contribution in [0.3, 0.4) is 0 Å². The Morgan fingerprint density at radius 2 is 1.67 bits per heavy atom. The van der Waals surface area contributed by atoms with Crippen LogP contribution in [-0.4, -0.2) is 26.7 Å². The van der Waals surface area contributed by atoms with Gasteiger partial charge in [0.2, 0.25) is 0 Å². The fourth-order valence-corrected chi connectivity index (χ4v) is 3.51. The second-order valence-electron chi connectivity index (χ2n) is 6.62. The van der Waals surface area contributed by atoms with E-state index in [2.05, 4.69) is 0 Å². The number of benzene rings is 2. The van der Waals surface area contributed by atoms with Crippen LogP contribution >= 0.6 is 0 Å². The lowest BCUT2D eigenvalue weighted by atomic mass is 10.1. The number of carbonyl (C=O) groups excluding carboxylic acids is 1. The van der Waals surface area contributed by atoms with Crippen LogP contribution in [0.25, 0.3) is 11.3 Å². The first-order chi connectivity index (χ1) is 13.1. The lowest BCUT2D eigenvalue weighted by molar-refractivity contribution is 0.0867. The molecule has 0 fully saturated rings. The molecule has 0 saturated heterocycles. The maximum Gasteiger partial charge on any atom is 0.410 e. The Kier molecular flexibility index (Phi) is 4.54. The Balaban J connectivity index is 1.56. The average Bonchev–Trinajstić information content (AvgIpc) is 2.97. The van der Waals surface area contributed by atoms with Crippen LogP contribution < -0.4 is 5.69 Å². The topological polar surface area (TPSA) is 56.5 Å². The van der Waals surface area contributed by atoms with Crippen molar-refractivity contribution in [3.05, 3.63) is 82.4 Å². The smallest absolute Gasteiger partial charge is 0.410 e. The molecular weight excluding hydrogens is 342 g/mol. The van der Waals surface area contributed by atoms with E-state index in [0.29, 0.717) is 19.6 Å². The minimum Gasteiger partial charge on any atom is -0.445 e. The maximum atomic E-state index is 12.6. The number of amides is 1. The molecule has 2 heterocycles. The van der Waals surface area contributed by atoms with Crippen molar-refractivity contribution in [2.24, 2.45) is 7.05 Å². The molecule has 2 aromatic carbocycles. The van der Waals surface area contributed by atoms with Crippen molar-refractivity contribution in [1.29, 1.82) is 0 Å². The third kappa shape index (κ3) is 3.26. The minimum atomic E-state index is -0.361. The van der Waals surface area contributed by atoms with Gasteiger partial charge in [-0.15, -0.1) is 0 Å². The van der Waals surface area contributed by atoms with E-state index in [0.717, 1.165) is 22.5 Å². The molecule has 4 rings (SSSR count). The van der Waals surface area contributed by atoms with Gasteiger partial charge in [0.1, 0.15) is 6.61 Å². The molecule has 138 valence electrons. The Labute approximate surface area is 157 Å². The van der Waals surface area contributed by atoms with Gasteiger partial charge in [0.25, 0.3) is 0 Å². The van der Waals surface area contributed by atoms with Crippen LogP contribution in [-0.2, 0) is 31.5 Å². The lowest BCUT2D eigenvalue weighted by Gasteiger charge is -2.27. The zero-order valence-electron chi connectivity index (χ0n) is 15.2. The molecule has 1 amide bonds. The fourth-order valence-electron chi connectivity index (χ4n) is 3.51. The highest BCUT2D eigenvalue weighted by atomic mass is 16.6. The Morgan fingerprint density at radius 3 is 2.37 bits per heavy atom. The molecule has 0 radical (unpaired) electrons. The number of rotatable bonds is 3. The highest BCUT2D eigenvalue weighted by Gasteiger charge is 2.28. The van der Waals surface area contributed by atoms with Gasteiger partial charge in [0.05, 0.1) is 17.9 Å². The Bertz CT molecular complexity index is 1010. The standard InChI is InChI=1S/C21H21N3O3/c1-22-19(17-10-6-3-7-11-17)18-14-23(12-13-24(18)20(22)25)21(26)27-15-16-8-4-2-5-9-16/h2-11H,12-15H2,1H3. The molecule has 0 saturated carbocycles. The molecule has 0 N–H and O–H groups in total. The highest BCUT2D eigenvalue weighted by Crippen LogP contribution is 2.26. The molecule has 6 nitrogen and oxygen atoms in total. The van der Waals surface area contributed by atoms with Gasteiger partial charge in [-0.1, -0.05) is 60.7 Å². The summed E-state index contributed by atoms with van der Waals surface area (Å²) in [7, 11) is 1.77. The number of carbonyl (C=O) groups is 1. The van der Waals surface area contributed by atoms with Gasteiger partial charge in [-0.3, -0.25) is 9.13 Å². The number of aromatic nitrogens is 2. The van der Waals surface area contributed by atoms with Gasteiger partial charge in [-0.05, 0) is 5.56 Å². The van der Waals surface area contributed by atoms with Gasteiger partial charge < -0.3 is 9.64 Å². The number of imidazole rings is 1. The summed E-state index contributed by atoms with van der Waals surface area (Å²) in [6, 6.07) is 19.4. The fraction of sp³-hybridized carbons (Fsp3) is 0.238. The molecule has 1 aromatic heterocycles. The summed E-state index contributed by atoms with van der Waals surface area (Å²) in [4.78, 5) is 26.8. The van der Waals surface area contributed by atoms with Crippen molar-refractivity contribution in [2.75, 3.05) is 6.54 Å². The van der Waals surface area contributed by atoms with E-state index in [9.17, 15) is 9.59 Å². The molecule has 0 bridgehead atoms. The van der Waals surface area contributed by atoms with Crippen LogP contribution in [0.2, 0.25) is 0 Å². The number of hydrogen-bond donors (Lipinski definition) is 0. The summed E-state index contributed by atoms with van der Waals surface area (Å²) < 4.78 is 8.87. The summed E-state index contributed by atoms with van der Waals surface area (Å²) >= 11 is 0. The SMILES string of the molecule is Cn1c(-c2ccccc2)c2n(c1=O)CCN(C(=O)OCc1ccccc1)C2. The minimum absolute atomic E-state index is 0.0545. The molecule has 0 spiro atoms. The third-order valence-corrected chi connectivity index (χ3v) is 4.90. The van der Waals surface area contributed by atoms with Crippen LogP contribution in [0.5, 0.6) is 0 Å². The molecule has 1 aliphatic heterocycles. The molecule has 0 atom stereocenters. The van der Waals surface area contributed by atoms with Gasteiger partial charge in [0, 0.05) is 25.7 Å². The molecule has 3 aromatic rings. The zero-order chi connectivity index (χ0) is 18.8. The molecule has 0 unspecified atom stereocenters. The van der Waals surface area contributed by atoms with E-state index in [1.54, 1.807) is 21.1 Å². The normalized spacial score (nSPS) is 13.3. The van der Waals surface area contributed by atoms with Crippen molar-refractivity contribution < 1.29 is 9.53 Å². The first-order valence-electron chi connectivity index (χ1n) is 8.94. The van der Waals surface area contributed by atoms with Gasteiger partial charge >= 0.3 is 11.8 Å². The molecule has 27 heavy (non-hydrogen) atoms. The van der Waals surface area contributed by atoms with E-state index < -0.39 is 0 Å². The summed E-state index contributed by atoms with van der Waals surface area (Å²) in [6.45, 7) is 1.52. The van der Waals surface area contributed by atoms with Gasteiger partial charge in [-0.25, -0.2) is 9.59 Å². The van der Waals surface area contributed by atoms with Crippen molar-refractivity contribution in [2.45, 2.75) is 19.7 Å². The largest absolute Gasteiger partial charge is 0.445 e. The van der Waals surface area contributed by atoms with Crippen molar-refractivity contribution in [1.82, 2.24) is 14.0 Å². The molecule has 0 aliphatic carbocycles. The first kappa shape index (κ1) is 17.1. The Hall–Kier alpha value is -3.28. The van der Waals surface area contributed by atoms with E-state index >= 15 is 0 Å². The lowest BCUT2D eigenvalue weighted by Crippen LogP contribution is -2.41. The predicted octanol–water partition coefficient (Wildman–Crippen LogP) is 3.01. The van der Waals surface area contributed by atoms with Crippen LogP contribution in [0.1, 0.15) is 11.3 Å². The predicted molar refractivity (Wildman–Crippen MR) is 102 cm³/mol. The second kappa shape index (κ2) is 7.15. The van der Waals surface area contributed by atoms with Gasteiger partial charge in [0.15, 0.2) is 0 Å². The highest BCUT2D eigenvalue weighted by molar-refractivity contribution is 5.69. The van der Waals surface area contributed by atoms with Crippen LogP contribution in [0, 0.1) is 0 Å². The van der Waals surface area contributed by atoms with E-state index in [-0.39, 0.29) is 18.4 Å². The van der Waals surface area contributed by atoms with E-state index in [4.69, 9.17) is 4.74 Å². The van der Waals surface area contributed by atoms with Crippen molar-refractivity contribution in [3.63, 3.8) is 0 Å². The Morgan fingerprint density at radius 1 is 1.00 bits per heavy atom. The summed E-state index contributed by atoms with van der Waals surface area (Å²) in [6.07, 6.45) is -0.361. The third-order valence-electron chi connectivity index (χ3n) is 4.90. The van der Waals surface area contributed by atoms with Crippen LogP contribution in [0.15, 0.2) is 65.5 Å². The number of fused-ring (bicyclic) bond motifs is 1.